The van der Waals surface area contributed by atoms with E-state index < -0.39 is 5.60 Å². The van der Waals surface area contributed by atoms with Gasteiger partial charge >= 0.3 is 0 Å². The summed E-state index contributed by atoms with van der Waals surface area (Å²) in [5, 5.41) is 22.0. The number of allylic oxidation sites excluding steroid dienone is 1. The van der Waals surface area contributed by atoms with Gasteiger partial charge in [-0.3, -0.25) is 0 Å². The van der Waals surface area contributed by atoms with Crippen LogP contribution in [-0.2, 0) is 0 Å². The Morgan fingerprint density at radius 2 is 1.81 bits per heavy atom. The molecule has 2 heteroatoms. The standard InChI is InChI=1S/C29H48O2/c1-5-29(31)17-16-27(3)21(18-29)9-10-22-24-12-11-23(28(24,4)15-14-25(22)27)19(2)26(30)13-8-20-6-7-20/h9,19-20,22-26,30-31H,5-8,10-18H2,1-4H3/t19-,22?,23+,24-,25-,26+,27-,28+,29-/m0/s1. The van der Waals surface area contributed by atoms with E-state index in [0.717, 1.165) is 49.4 Å². The molecule has 2 nitrogen and oxygen atoms in total. The van der Waals surface area contributed by atoms with Gasteiger partial charge in [-0.15, -0.1) is 0 Å². The fraction of sp³-hybridized carbons (Fsp3) is 0.931. The summed E-state index contributed by atoms with van der Waals surface area (Å²) in [5.74, 6) is 4.53. The van der Waals surface area contributed by atoms with E-state index in [1.54, 1.807) is 5.57 Å². The van der Waals surface area contributed by atoms with Crippen LogP contribution in [0.15, 0.2) is 11.6 Å². The zero-order valence-corrected chi connectivity index (χ0v) is 20.7. The summed E-state index contributed by atoms with van der Waals surface area (Å²) in [6.07, 6.45) is 18.2. The molecule has 4 saturated carbocycles. The smallest absolute Gasteiger partial charge is 0.0682 e. The van der Waals surface area contributed by atoms with Crippen LogP contribution in [0.4, 0.5) is 0 Å². The maximum atomic E-state index is 11.0. The minimum absolute atomic E-state index is 0.0978. The van der Waals surface area contributed by atoms with E-state index in [-0.39, 0.29) is 6.10 Å². The molecule has 5 rings (SSSR count). The summed E-state index contributed by atoms with van der Waals surface area (Å²) in [5.41, 5.74) is 1.87. The van der Waals surface area contributed by atoms with Crippen LogP contribution in [0.1, 0.15) is 111 Å². The van der Waals surface area contributed by atoms with E-state index in [2.05, 4.69) is 33.8 Å². The first-order valence-electron chi connectivity index (χ1n) is 13.8. The van der Waals surface area contributed by atoms with Crippen molar-refractivity contribution < 1.29 is 10.2 Å². The molecule has 0 amide bonds. The SMILES string of the molecule is CC[C@]1(O)CC[C@@]2(C)C(=CCC3[C@@H]4CC[C@H]([C@H](C)[C@H](O)CCC5CC5)[C@@]4(C)CC[C@@H]32)C1. The molecule has 31 heavy (non-hydrogen) atoms. The highest BCUT2D eigenvalue weighted by atomic mass is 16.3. The minimum Gasteiger partial charge on any atom is -0.393 e. The molecular formula is C29H48O2. The number of aliphatic hydroxyl groups excluding tert-OH is 1. The average molecular weight is 429 g/mol. The van der Waals surface area contributed by atoms with Gasteiger partial charge in [0.15, 0.2) is 0 Å². The molecule has 0 bridgehead atoms. The largest absolute Gasteiger partial charge is 0.393 e. The third kappa shape index (κ3) is 3.67. The fourth-order valence-corrected chi connectivity index (χ4v) is 9.26. The lowest BCUT2D eigenvalue weighted by atomic mass is 9.46. The van der Waals surface area contributed by atoms with Crippen molar-refractivity contribution >= 4 is 0 Å². The van der Waals surface area contributed by atoms with Gasteiger partial charge < -0.3 is 10.2 Å². The van der Waals surface area contributed by atoms with Gasteiger partial charge in [-0.1, -0.05) is 52.2 Å². The predicted molar refractivity (Wildman–Crippen MR) is 128 cm³/mol. The molecule has 5 aliphatic rings. The van der Waals surface area contributed by atoms with Gasteiger partial charge in [0, 0.05) is 0 Å². The van der Waals surface area contributed by atoms with Crippen LogP contribution >= 0.6 is 0 Å². The van der Waals surface area contributed by atoms with Crippen LogP contribution in [0, 0.1) is 46.3 Å². The summed E-state index contributed by atoms with van der Waals surface area (Å²) in [6.45, 7) is 9.67. The number of rotatable bonds is 6. The molecule has 176 valence electrons. The van der Waals surface area contributed by atoms with Crippen molar-refractivity contribution in [1.82, 2.24) is 0 Å². The fourth-order valence-electron chi connectivity index (χ4n) is 9.26. The first kappa shape index (κ1) is 22.5. The van der Waals surface area contributed by atoms with Crippen LogP contribution in [-0.4, -0.2) is 21.9 Å². The van der Waals surface area contributed by atoms with Crippen molar-refractivity contribution in [3.8, 4) is 0 Å². The van der Waals surface area contributed by atoms with Gasteiger partial charge in [0.05, 0.1) is 11.7 Å². The summed E-state index contributed by atoms with van der Waals surface area (Å²) in [6, 6.07) is 0. The van der Waals surface area contributed by atoms with E-state index in [1.165, 1.54) is 57.8 Å². The zero-order chi connectivity index (χ0) is 22.0. The van der Waals surface area contributed by atoms with Gasteiger partial charge in [-0.2, -0.15) is 0 Å². The Kier molecular flexibility index (Phi) is 5.70. The highest BCUT2D eigenvalue weighted by Gasteiger charge is 2.60. The number of hydrogen-bond acceptors (Lipinski definition) is 2. The molecule has 0 saturated heterocycles. The lowest BCUT2D eigenvalue weighted by molar-refractivity contribution is -0.0817. The Labute approximate surface area is 191 Å². The van der Waals surface area contributed by atoms with E-state index in [9.17, 15) is 10.2 Å². The van der Waals surface area contributed by atoms with E-state index in [1.807, 2.05) is 0 Å². The highest BCUT2D eigenvalue weighted by Crippen LogP contribution is 2.67. The molecule has 5 aliphatic carbocycles. The van der Waals surface area contributed by atoms with Gasteiger partial charge in [0.25, 0.3) is 0 Å². The Morgan fingerprint density at radius 1 is 1.03 bits per heavy atom. The second-order valence-corrected chi connectivity index (χ2v) is 13.2. The van der Waals surface area contributed by atoms with Crippen LogP contribution in [0.25, 0.3) is 0 Å². The summed E-state index contributed by atoms with van der Waals surface area (Å²) >= 11 is 0. The zero-order valence-electron chi connectivity index (χ0n) is 20.7. The van der Waals surface area contributed by atoms with Crippen LogP contribution in [0.5, 0.6) is 0 Å². The van der Waals surface area contributed by atoms with Crippen LogP contribution in [0.3, 0.4) is 0 Å². The van der Waals surface area contributed by atoms with Crippen molar-refractivity contribution in [2.75, 3.05) is 0 Å². The molecule has 2 N–H and O–H groups in total. The second-order valence-electron chi connectivity index (χ2n) is 13.2. The molecule has 0 aromatic heterocycles. The molecule has 9 atom stereocenters. The van der Waals surface area contributed by atoms with Gasteiger partial charge in [-0.05, 0) is 117 Å². The Bertz CT molecular complexity index is 710. The monoisotopic (exact) mass is 428 g/mol. The van der Waals surface area contributed by atoms with E-state index in [0.29, 0.717) is 22.7 Å². The van der Waals surface area contributed by atoms with Crippen molar-refractivity contribution in [1.29, 1.82) is 0 Å². The quantitative estimate of drug-likeness (QED) is 0.452. The molecule has 0 spiro atoms. The third-order valence-corrected chi connectivity index (χ3v) is 11.8. The molecule has 4 fully saturated rings. The molecule has 0 aromatic rings. The highest BCUT2D eigenvalue weighted by molar-refractivity contribution is 5.27. The minimum atomic E-state index is -0.453. The first-order valence-corrected chi connectivity index (χ1v) is 13.8. The normalized spacial score (nSPS) is 48.9. The number of aliphatic hydroxyl groups is 2. The maximum absolute atomic E-state index is 11.0. The summed E-state index contributed by atoms with van der Waals surface area (Å²) in [4.78, 5) is 0. The van der Waals surface area contributed by atoms with Crippen LogP contribution in [0.2, 0.25) is 0 Å². The average Bonchev–Trinajstić information content (AvgIpc) is 3.52. The molecule has 0 heterocycles. The van der Waals surface area contributed by atoms with Gasteiger partial charge in [0.2, 0.25) is 0 Å². The molecule has 0 radical (unpaired) electrons. The Hall–Kier alpha value is -0.340. The maximum Gasteiger partial charge on any atom is 0.0682 e. The Balaban J connectivity index is 1.32. The van der Waals surface area contributed by atoms with Gasteiger partial charge in [-0.25, -0.2) is 0 Å². The molecular weight excluding hydrogens is 380 g/mol. The molecule has 0 aliphatic heterocycles. The van der Waals surface area contributed by atoms with Crippen molar-refractivity contribution in [3.05, 3.63) is 11.6 Å². The van der Waals surface area contributed by atoms with Crippen molar-refractivity contribution in [2.45, 2.75) is 123 Å². The lowest BCUT2D eigenvalue weighted by Gasteiger charge is -2.59. The van der Waals surface area contributed by atoms with Gasteiger partial charge in [0.1, 0.15) is 0 Å². The molecule has 0 aromatic carbocycles. The first-order chi connectivity index (χ1) is 14.7. The van der Waals surface area contributed by atoms with Crippen molar-refractivity contribution in [3.63, 3.8) is 0 Å². The second kappa shape index (κ2) is 7.86. The van der Waals surface area contributed by atoms with E-state index >= 15 is 0 Å². The van der Waals surface area contributed by atoms with E-state index in [4.69, 9.17) is 0 Å². The number of fused-ring (bicyclic) bond motifs is 5. The molecule has 1 unspecified atom stereocenters. The topological polar surface area (TPSA) is 40.5 Å². The summed E-state index contributed by atoms with van der Waals surface area (Å²) in [7, 11) is 0. The Morgan fingerprint density at radius 3 is 2.52 bits per heavy atom. The van der Waals surface area contributed by atoms with Crippen molar-refractivity contribution in [2.24, 2.45) is 46.3 Å². The number of hydrogen-bond donors (Lipinski definition) is 2. The summed E-state index contributed by atoms with van der Waals surface area (Å²) < 4.78 is 0. The predicted octanol–water partition coefficient (Wildman–Crippen LogP) is 6.89. The lowest BCUT2D eigenvalue weighted by Crippen LogP contribution is -2.52. The van der Waals surface area contributed by atoms with Crippen LogP contribution < -0.4 is 0 Å². The third-order valence-electron chi connectivity index (χ3n) is 11.8.